The molecule has 0 radical (unpaired) electrons. The molecule has 2 aromatic carbocycles. The van der Waals surface area contributed by atoms with Crippen molar-refractivity contribution in [2.45, 2.75) is 26.9 Å². The minimum atomic E-state index is -0.259. The zero-order valence-corrected chi connectivity index (χ0v) is 18.5. The molecule has 0 saturated carbocycles. The number of hydrogen-bond acceptors (Lipinski definition) is 4. The van der Waals surface area contributed by atoms with Crippen molar-refractivity contribution in [1.29, 1.82) is 0 Å². The summed E-state index contributed by atoms with van der Waals surface area (Å²) in [4.78, 5) is 24.9. The van der Waals surface area contributed by atoms with Crippen molar-refractivity contribution < 1.29 is 9.59 Å². The summed E-state index contributed by atoms with van der Waals surface area (Å²) in [5.41, 5.74) is 3.04. The molecule has 2 N–H and O–H groups in total. The highest BCUT2D eigenvalue weighted by atomic mass is 35.5. The van der Waals surface area contributed by atoms with Crippen LogP contribution in [-0.2, 0) is 24.9 Å². The van der Waals surface area contributed by atoms with E-state index >= 15 is 0 Å². The van der Waals surface area contributed by atoms with E-state index in [4.69, 9.17) is 23.8 Å². The largest absolute Gasteiger partial charge is 0.345 e. The first kappa shape index (κ1) is 21.7. The van der Waals surface area contributed by atoms with Crippen LogP contribution in [0.15, 0.2) is 42.5 Å². The fourth-order valence-electron chi connectivity index (χ4n) is 2.96. The van der Waals surface area contributed by atoms with Crippen molar-refractivity contribution in [1.82, 2.24) is 19.7 Å². The number of nitrogens with zero attached hydrogens (tertiary/aromatic N) is 3. The van der Waals surface area contributed by atoms with E-state index in [2.05, 4.69) is 15.7 Å². The maximum absolute atomic E-state index is 12.5. The number of hydrogen-bond donors (Lipinski definition) is 2. The number of benzene rings is 2. The summed E-state index contributed by atoms with van der Waals surface area (Å²) in [5, 5.41) is 10.7. The molecule has 30 heavy (non-hydrogen) atoms. The highest BCUT2D eigenvalue weighted by Gasteiger charge is 2.14. The maximum atomic E-state index is 12.5. The van der Waals surface area contributed by atoms with Crippen LogP contribution in [0.25, 0.3) is 0 Å². The molecule has 0 saturated heterocycles. The van der Waals surface area contributed by atoms with E-state index in [1.807, 2.05) is 32.0 Å². The van der Waals surface area contributed by atoms with Gasteiger partial charge in [0.15, 0.2) is 10.6 Å². The summed E-state index contributed by atoms with van der Waals surface area (Å²) >= 11 is 11.3. The topological polar surface area (TPSA) is 81.0 Å². The van der Waals surface area contributed by atoms with Crippen LogP contribution in [0.5, 0.6) is 0 Å². The third kappa shape index (κ3) is 4.95. The normalized spacial score (nSPS) is 10.7. The number of halogens is 1. The molecule has 0 spiro atoms. The Labute approximate surface area is 184 Å². The zero-order chi connectivity index (χ0) is 21.8. The fraction of sp³-hybridized carbons (Fsp3) is 0.238. The molecule has 9 heteroatoms. The van der Waals surface area contributed by atoms with Crippen molar-refractivity contribution >= 4 is 41.3 Å². The molecule has 3 aromatic rings. The summed E-state index contributed by atoms with van der Waals surface area (Å²) in [7, 11) is 1.75. The Hall–Kier alpha value is -2.97. The van der Waals surface area contributed by atoms with Crippen LogP contribution < -0.4 is 10.6 Å². The predicted octanol–water partition coefficient (Wildman–Crippen LogP) is 3.79. The van der Waals surface area contributed by atoms with E-state index in [1.165, 1.54) is 4.68 Å². The molecular formula is C21H22ClN5O2S. The van der Waals surface area contributed by atoms with Gasteiger partial charge < -0.3 is 15.2 Å². The lowest BCUT2D eigenvalue weighted by Crippen LogP contribution is -2.25. The van der Waals surface area contributed by atoms with Crippen LogP contribution >= 0.6 is 23.8 Å². The first-order valence-corrected chi connectivity index (χ1v) is 10.1. The van der Waals surface area contributed by atoms with Gasteiger partial charge in [-0.1, -0.05) is 29.8 Å². The summed E-state index contributed by atoms with van der Waals surface area (Å²) in [6.07, 6.45) is 0. The van der Waals surface area contributed by atoms with Crippen LogP contribution in [0.1, 0.15) is 27.3 Å². The zero-order valence-electron chi connectivity index (χ0n) is 16.9. The molecule has 0 unspecified atom stereocenters. The van der Waals surface area contributed by atoms with Crippen molar-refractivity contribution in [3.05, 3.63) is 74.8 Å². The molecule has 0 atom stereocenters. The molecule has 0 aliphatic carbocycles. The monoisotopic (exact) mass is 443 g/mol. The second-order valence-corrected chi connectivity index (χ2v) is 7.72. The van der Waals surface area contributed by atoms with Crippen molar-refractivity contribution in [3.8, 4) is 0 Å². The third-order valence-corrected chi connectivity index (χ3v) is 5.40. The molecule has 156 valence electrons. The van der Waals surface area contributed by atoms with Crippen LogP contribution in [0, 0.1) is 18.6 Å². The predicted molar refractivity (Wildman–Crippen MR) is 119 cm³/mol. The smallest absolute Gasteiger partial charge is 0.251 e. The molecule has 0 aliphatic heterocycles. The van der Waals surface area contributed by atoms with Gasteiger partial charge in [-0.2, -0.15) is 5.10 Å². The Morgan fingerprint density at radius 3 is 2.57 bits per heavy atom. The highest BCUT2D eigenvalue weighted by Crippen LogP contribution is 2.19. The average Bonchev–Trinajstić information content (AvgIpc) is 2.96. The van der Waals surface area contributed by atoms with Crippen molar-refractivity contribution in [2.24, 2.45) is 7.05 Å². The minimum Gasteiger partial charge on any atom is -0.345 e. The van der Waals surface area contributed by atoms with Crippen molar-refractivity contribution in [2.75, 3.05) is 5.32 Å². The van der Waals surface area contributed by atoms with Gasteiger partial charge in [0.25, 0.3) is 5.91 Å². The van der Waals surface area contributed by atoms with Gasteiger partial charge in [0.05, 0.1) is 6.54 Å². The summed E-state index contributed by atoms with van der Waals surface area (Å²) in [5.74, 6) is 0.104. The summed E-state index contributed by atoms with van der Waals surface area (Å²) in [6.45, 7) is 3.90. The van der Waals surface area contributed by atoms with Crippen molar-refractivity contribution in [3.63, 3.8) is 0 Å². The Morgan fingerprint density at radius 2 is 1.87 bits per heavy atom. The molecule has 7 nitrogen and oxygen atoms in total. The molecule has 3 rings (SSSR count). The van der Waals surface area contributed by atoms with Crippen LogP contribution in [0.2, 0.25) is 5.02 Å². The first-order chi connectivity index (χ1) is 14.3. The number of carbonyl (C=O) groups is 2. The van der Waals surface area contributed by atoms with Gasteiger partial charge in [-0.15, -0.1) is 0 Å². The Balaban J connectivity index is 1.67. The minimum absolute atomic E-state index is 0.0412. The second kappa shape index (κ2) is 9.23. The van der Waals surface area contributed by atoms with Gasteiger partial charge in [0, 0.05) is 23.3 Å². The first-order valence-electron chi connectivity index (χ1n) is 9.29. The van der Waals surface area contributed by atoms with E-state index < -0.39 is 0 Å². The van der Waals surface area contributed by atoms with Gasteiger partial charge in [0.2, 0.25) is 5.91 Å². The lowest BCUT2D eigenvalue weighted by Gasteiger charge is -2.08. The fourth-order valence-corrected chi connectivity index (χ4v) is 3.40. The second-order valence-electron chi connectivity index (χ2n) is 6.92. The van der Waals surface area contributed by atoms with E-state index in [1.54, 1.807) is 35.9 Å². The Kier molecular flexibility index (Phi) is 6.69. The van der Waals surface area contributed by atoms with Crippen LogP contribution in [0.3, 0.4) is 0 Å². The summed E-state index contributed by atoms with van der Waals surface area (Å²) in [6, 6.07) is 12.6. The number of anilines is 1. The van der Waals surface area contributed by atoms with Gasteiger partial charge in [0.1, 0.15) is 6.54 Å². The molecule has 2 amide bonds. The number of aryl methyl sites for hydroxylation is 2. The molecule has 0 fully saturated rings. The number of rotatable bonds is 6. The average molecular weight is 444 g/mol. The molecule has 1 heterocycles. The molecular weight excluding hydrogens is 422 g/mol. The maximum Gasteiger partial charge on any atom is 0.251 e. The lowest BCUT2D eigenvalue weighted by molar-refractivity contribution is -0.116. The number of aromatic nitrogens is 3. The van der Waals surface area contributed by atoms with E-state index in [-0.39, 0.29) is 24.9 Å². The SMILES string of the molecule is Cc1cc(Cl)ccc1NC(=O)Cn1nc(CNC(=O)c2ccccc2C)n(C)c1=S. The number of carbonyl (C=O) groups excluding carboxylic acids is 2. The van der Waals surface area contributed by atoms with Crippen LogP contribution in [0.4, 0.5) is 5.69 Å². The molecule has 0 aliphatic rings. The third-order valence-electron chi connectivity index (χ3n) is 4.68. The molecule has 1 aromatic heterocycles. The van der Waals surface area contributed by atoms with E-state index in [0.29, 0.717) is 26.9 Å². The van der Waals surface area contributed by atoms with Gasteiger partial charge >= 0.3 is 0 Å². The highest BCUT2D eigenvalue weighted by molar-refractivity contribution is 7.71. The lowest BCUT2D eigenvalue weighted by atomic mass is 10.1. The van der Waals surface area contributed by atoms with Crippen LogP contribution in [-0.4, -0.2) is 26.2 Å². The van der Waals surface area contributed by atoms with Gasteiger partial charge in [-0.25, -0.2) is 4.68 Å². The number of amides is 2. The quantitative estimate of drug-likeness (QED) is 0.568. The Bertz CT molecular complexity index is 1170. The van der Waals surface area contributed by atoms with Gasteiger partial charge in [-0.3, -0.25) is 9.59 Å². The van der Waals surface area contributed by atoms with E-state index in [0.717, 1.165) is 11.1 Å². The molecule has 0 bridgehead atoms. The Morgan fingerprint density at radius 1 is 1.13 bits per heavy atom. The summed E-state index contributed by atoms with van der Waals surface area (Å²) < 4.78 is 3.50. The number of nitrogens with one attached hydrogen (secondary N) is 2. The van der Waals surface area contributed by atoms with Gasteiger partial charge in [-0.05, 0) is 61.5 Å². The van der Waals surface area contributed by atoms with E-state index in [9.17, 15) is 9.59 Å². The standard InChI is InChI=1S/C21H22ClN5O2S/c1-13-6-4-5-7-16(13)20(29)23-11-18-25-27(21(30)26(18)3)12-19(28)24-17-9-8-15(22)10-14(17)2/h4-10H,11-12H2,1-3H3,(H,23,29)(H,24,28).